The van der Waals surface area contributed by atoms with E-state index in [4.69, 9.17) is 26.1 Å². The molecule has 15 heteroatoms. The van der Waals surface area contributed by atoms with Crippen molar-refractivity contribution in [3.05, 3.63) is 67.9 Å². The van der Waals surface area contributed by atoms with E-state index in [2.05, 4.69) is 10.4 Å². The molecule has 50 heavy (non-hydrogen) atoms. The molecule has 2 aliphatic rings. The fourth-order valence-electron chi connectivity index (χ4n) is 6.35. The molecule has 11 nitrogen and oxygen atoms in total. The van der Waals surface area contributed by atoms with Gasteiger partial charge in [-0.1, -0.05) is 24.6 Å². The molecule has 1 aliphatic heterocycles. The lowest BCUT2D eigenvalue weighted by Crippen LogP contribution is -2.45. The van der Waals surface area contributed by atoms with Crippen molar-refractivity contribution in [1.82, 2.24) is 24.1 Å². The Bertz CT molecular complexity index is 1940. The van der Waals surface area contributed by atoms with Crippen LogP contribution in [0.1, 0.15) is 89.9 Å². The number of carbonyl (C=O) groups excluding carboxylic acids is 2. The second-order valence-electron chi connectivity index (χ2n) is 14.2. The zero-order valence-electron chi connectivity index (χ0n) is 29.2. The van der Waals surface area contributed by atoms with Gasteiger partial charge in [0.05, 0.1) is 27.9 Å². The number of nitrogens with zero attached hydrogens (tertiary/aromatic N) is 5. The molecule has 270 valence electrons. The van der Waals surface area contributed by atoms with Crippen LogP contribution in [0.25, 0.3) is 17.4 Å². The van der Waals surface area contributed by atoms with Gasteiger partial charge in [-0.3, -0.25) is 14.5 Å². The van der Waals surface area contributed by atoms with Gasteiger partial charge in [-0.15, -0.1) is 5.10 Å². The molecular weight excluding hydrogens is 677 g/mol. The van der Waals surface area contributed by atoms with Crippen molar-refractivity contribution >= 4 is 46.7 Å². The molecule has 1 N–H and O–H groups in total. The normalized spacial score (nSPS) is 18.9. The largest absolute Gasteiger partial charge is 0.444 e. The number of ether oxygens (including phenoxy) is 2. The zero-order chi connectivity index (χ0) is 36.8. The highest BCUT2D eigenvalue weighted by atomic mass is 35.5. The number of carbonyl (C=O) groups is 2. The Morgan fingerprint density at radius 3 is 2.50 bits per heavy atom. The van der Waals surface area contributed by atoms with Gasteiger partial charge >= 0.3 is 12.3 Å². The summed E-state index contributed by atoms with van der Waals surface area (Å²) in [6.07, 6.45) is 1.55. The lowest BCUT2D eigenvalue weighted by Gasteiger charge is -2.33. The fraction of sp³-hybridized carbons (Fsp3) is 0.514. The summed E-state index contributed by atoms with van der Waals surface area (Å²) in [6.45, 7) is 10.9. The van der Waals surface area contributed by atoms with Crippen LogP contribution < -0.4 is 10.9 Å². The number of allylic oxidation sites excluding steroid dienone is 1. The van der Waals surface area contributed by atoms with Crippen LogP contribution in [0.15, 0.2) is 34.6 Å². The van der Waals surface area contributed by atoms with E-state index < -0.39 is 40.4 Å². The molecule has 1 aromatic carbocycles. The van der Waals surface area contributed by atoms with Crippen molar-refractivity contribution in [3.8, 4) is 0 Å². The Morgan fingerprint density at radius 1 is 1.20 bits per heavy atom. The molecule has 1 atom stereocenters. The van der Waals surface area contributed by atoms with Crippen molar-refractivity contribution in [2.75, 3.05) is 19.0 Å². The number of alkyl halides is 3. The minimum absolute atomic E-state index is 0.000224. The third kappa shape index (κ3) is 7.91. The molecule has 0 saturated carbocycles. The summed E-state index contributed by atoms with van der Waals surface area (Å²) in [4.78, 5) is 47.2. The third-order valence-corrected chi connectivity index (χ3v) is 9.11. The molecule has 1 unspecified atom stereocenters. The number of hydrogen-bond donors (Lipinski definition) is 1. The standard InChI is InChI=1S/C35H42ClF3N6O5/c1-8-27-24(15-20-17-34(5,6)44(18-20)32(48)50-33(2,3)4)30(47)45-31(41-29(42-45)21-9-12-23(49-7)13-10-21)43(27)19-28(46)40-26-14-11-22(16-25(26)36)35(37,38)39/h9,11,14-16,23H,8,10,12-13,17-19H2,1-7H3,(H,40,46)/b20-15+. The van der Waals surface area contributed by atoms with Gasteiger partial charge in [0.2, 0.25) is 11.7 Å². The van der Waals surface area contributed by atoms with Crippen LogP contribution in [0.5, 0.6) is 0 Å². The minimum Gasteiger partial charge on any atom is -0.444 e. The number of hydrogen-bond acceptors (Lipinski definition) is 7. The van der Waals surface area contributed by atoms with E-state index >= 15 is 0 Å². The first-order valence-corrected chi connectivity index (χ1v) is 16.8. The van der Waals surface area contributed by atoms with E-state index in [0.29, 0.717) is 37.2 Å². The maximum absolute atomic E-state index is 14.2. The lowest BCUT2D eigenvalue weighted by atomic mass is 9.97. The average molecular weight is 719 g/mol. The van der Waals surface area contributed by atoms with Gasteiger partial charge in [0.25, 0.3) is 5.56 Å². The number of fused-ring (bicyclic) bond motifs is 1. The van der Waals surface area contributed by atoms with E-state index in [-0.39, 0.29) is 41.2 Å². The van der Waals surface area contributed by atoms with Crippen molar-refractivity contribution < 1.29 is 32.2 Å². The van der Waals surface area contributed by atoms with E-state index in [1.165, 1.54) is 4.52 Å². The Morgan fingerprint density at radius 2 is 1.92 bits per heavy atom. The van der Waals surface area contributed by atoms with Crippen LogP contribution in [0.3, 0.4) is 0 Å². The smallest absolute Gasteiger partial charge is 0.416 e. The third-order valence-electron chi connectivity index (χ3n) is 8.80. The number of aromatic nitrogens is 4. The average Bonchev–Trinajstić information content (AvgIpc) is 3.60. The molecule has 0 spiro atoms. The predicted molar refractivity (Wildman–Crippen MR) is 184 cm³/mol. The molecular formula is C35H42ClF3N6O5. The highest BCUT2D eigenvalue weighted by Gasteiger charge is 2.40. The molecule has 0 bridgehead atoms. The number of benzene rings is 1. The number of methoxy groups -OCH3 is 1. The molecule has 3 aromatic rings. The molecule has 2 amide bonds. The Labute approximate surface area is 293 Å². The topological polar surface area (TPSA) is 120 Å². The number of likely N-dealkylation sites (tertiary alicyclic amines) is 1. The molecule has 2 aromatic heterocycles. The quantitative estimate of drug-likeness (QED) is 0.276. The van der Waals surface area contributed by atoms with Gasteiger partial charge in [-0.25, -0.2) is 4.79 Å². The van der Waals surface area contributed by atoms with Crippen LogP contribution >= 0.6 is 11.6 Å². The first-order chi connectivity index (χ1) is 23.3. The number of rotatable bonds is 7. The predicted octanol–water partition coefficient (Wildman–Crippen LogP) is 7.15. The van der Waals surface area contributed by atoms with Gasteiger partial charge in [0, 0.05) is 24.9 Å². The monoisotopic (exact) mass is 718 g/mol. The molecule has 5 rings (SSSR count). The van der Waals surface area contributed by atoms with Crippen LogP contribution in [0.4, 0.5) is 23.7 Å². The first kappa shape index (κ1) is 37.1. The number of amides is 2. The second-order valence-corrected chi connectivity index (χ2v) is 14.6. The maximum atomic E-state index is 14.2. The van der Waals surface area contributed by atoms with Crippen molar-refractivity contribution in [3.63, 3.8) is 0 Å². The summed E-state index contributed by atoms with van der Waals surface area (Å²) >= 11 is 6.13. The van der Waals surface area contributed by atoms with Crippen molar-refractivity contribution in [2.24, 2.45) is 0 Å². The summed E-state index contributed by atoms with van der Waals surface area (Å²) in [5.74, 6) is -0.121. The van der Waals surface area contributed by atoms with Gasteiger partial charge in [-0.05, 0) is 102 Å². The SMILES string of the molecule is CCc1c(/C=C2/CN(C(=O)OC(C)(C)C)C(C)(C)C2)c(=O)n2nc(C3=CCC(OC)CC3)nc2n1CC(=O)Nc1ccc(C(F)(F)F)cc1Cl. The second kappa shape index (κ2) is 13.9. The molecule has 3 heterocycles. The van der Waals surface area contributed by atoms with Crippen molar-refractivity contribution in [2.45, 2.75) is 104 Å². The van der Waals surface area contributed by atoms with Crippen LogP contribution in [-0.4, -0.2) is 67.0 Å². The summed E-state index contributed by atoms with van der Waals surface area (Å²) < 4.78 is 53.5. The van der Waals surface area contributed by atoms with Gasteiger partial charge in [-0.2, -0.15) is 22.7 Å². The number of halogens is 4. The molecule has 1 saturated heterocycles. The Balaban J connectivity index is 1.58. The van der Waals surface area contributed by atoms with Crippen molar-refractivity contribution in [1.29, 1.82) is 0 Å². The van der Waals surface area contributed by atoms with E-state index in [9.17, 15) is 27.6 Å². The zero-order valence-corrected chi connectivity index (χ0v) is 30.0. The van der Waals surface area contributed by atoms with Gasteiger partial charge in [0.1, 0.15) is 12.1 Å². The highest BCUT2D eigenvalue weighted by Crippen LogP contribution is 2.36. The van der Waals surface area contributed by atoms with Crippen LogP contribution in [0, 0.1) is 0 Å². The summed E-state index contributed by atoms with van der Waals surface area (Å²) in [5.41, 5.74) is -0.249. The van der Waals surface area contributed by atoms with Gasteiger partial charge < -0.3 is 19.4 Å². The number of anilines is 1. The first-order valence-electron chi connectivity index (χ1n) is 16.4. The van der Waals surface area contributed by atoms with Gasteiger partial charge in [0.15, 0.2) is 5.82 Å². The molecule has 0 radical (unpaired) electrons. The van der Waals surface area contributed by atoms with Crippen LogP contribution in [-0.2, 0) is 33.4 Å². The van der Waals surface area contributed by atoms with E-state index in [1.54, 1.807) is 43.4 Å². The number of nitrogens with one attached hydrogen (secondary N) is 1. The Kier molecular flexibility index (Phi) is 10.3. The summed E-state index contributed by atoms with van der Waals surface area (Å²) in [6, 6.07) is 2.68. The van der Waals surface area contributed by atoms with E-state index in [0.717, 1.165) is 35.8 Å². The lowest BCUT2D eigenvalue weighted by molar-refractivity contribution is -0.137. The molecule has 1 fully saturated rings. The van der Waals surface area contributed by atoms with E-state index in [1.807, 2.05) is 26.8 Å². The summed E-state index contributed by atoms with van der Waals surface area (Å²) in [5, 5.41) is 6.92. The highest BCUT2D eigenvalue weighted by molar-refractivity contribution is 6.33. The Hall–Kier alpha value is -4.17. The minimum atomic E-state index is -4.60. The summed E-state index contributed by atoms with van der Waals surface area (Å²) in [7, 11) is 1.66. The molecule has 1 aliphatic carbocycles. The fourth-order valence-corrected chi connectivity index (χ4v) is 6.58. The van der Waals surface area contributed by atoms with Crippen LogP contribution in [0.2, 0.25) is 5.02 Å². The maximum Gasteiger partial charge on any atom is 0.416 e.